The number of rotatable bonds is 1. The van der Waals surface area contributed by atoms with Crippen LogP contribution in [0.3, 0.4) is 0 Å². The van der Waals surface area contributed by atoms with Crippen LogP contribution in [0.4, 0.5) is 5.69 Å². The Balaban J connectivity index is 2.30. The van der Waals surface area contributed by atoms with Crippen molar-refractivity contribution in [2.24, 2.45) is 0 Å². The van der Waals surface area contributed by atoms with E-state index in [0.29, 0.717) is 0 Å². The zero-order valence-electron chi connectivity index (χ0n) is 9.73. The molecule has 0 unspecified atom stereocenters. The van der Waals surface area contributed by atoms with Crippen molar-refractivity contribution in [1.29, 1.82) is 0 Å². The first-order valence-corrected chi connectivity index (χ1v) is 6.58. The quantitative estimate of drug-likeness (QED) is 0.638. The largest absolute Gasteiger partial charge is 0.399 e. The van der Waals surface area contributed by atoms with Crippen LogP contribution in [-0.4, -0.2) is 0 Å². The third-order valence-corrected chi connectivity index (χ3v) is 3.78. The van der Waals surface area contributed by atoms with E-state index in [2.05, 4.69) is 64.5 Å². The maximum atomic E-state index is 5.73. The molecule has 0 spiro atoms. The molecule has 0 radical (unpaired) electrons. The minimum absolute atomic E-state index is 0.792. The van der Waals surface area contributed by atoms with Gasteiger partial charge in [0.2, 0.25) is 0 Å². The Morgan fingerprint density at radius 1 is 0.722 bits per heavy atom. The Morgan fingerprint density at radius 3 is 2.11 bits per heavy atom. The van der Waals surface area contributed by atoms with Crippen molar-refractivity contribution in [2.75, 3.05) is 5.73 Å². The number of nitrogen functional groups attached to an aromatic ring is 1. The molecule has 0 fully saturated rings. The molecule has 3 aromatic rings. The van der Waals surface area contributed by atoms with Gasteiger partial charge < -0.3 is 5.73 Å². The summed E-state index contributed by atoms with van der Waals surface area (Å²) in [6.45, 7) is 0. The van der Waals surface area contributed by atoms with E-state index in [9.17, 15) is 0 Å². The highest BCUT2D eigenvalue weighted by molar-refractivity contribution is 9.10. The molecule has 88 valence electrons. The first-order chi connectivity index (χ1) is 8.75. The summed E-state index contributed by atoms with van der Waals surface area (Å²) in [5, 5.41) is 2.48. The van der Waals surface area contributed by atoms with E-state index in [1.54, 1.807) is 0 Å². The van der Waals surface area contributed by atoms with Crippen LogP contribution in [0.25, 0.3) is 21.9 Å². The predicted molar refractivity (Wildman–Crippen MR) is 81.5 cm³/mol. The third kappa shape index (κ3) is 1.89. The first-order valence-electron chi connectivity index (χ1n) is 5.79. The molecule has 0 aliphatic rings. The van der Waals surface area contributed by atoms with Gasteiger partial charge in [-0.25, -0.2) is 0 Å². The summed E-state index contributed by atoms with van der Waals surface area (Å²) in [7, 11) is 0. The molecule has 2 N–H and O–H groups in total. The SMILES string of the molecule is Nc1ccc(-c2ccc(Br)c3ccccc23)cc1. The highest BCUT2D eigenvalue weighted by Crippen LogP contribution is 2.33. The van der Waals surface area contributed by atoms with Gasteiger partial charge >= 0.3 is 0 Å². The number of halogens is 1. The van der Waals surface area contributed by atoms with Crippen LogP contribution < -0.4 is 5.73 Å². The van der Waals surface area contributed by atoms with Gasteiger partial charge in [0.1, 0.15) is 0 Å². The van der Waals surface area contributed by atoms with Crippen LogP contribution in [0.15, 0.2) is 65.1 Å². The minimum Gasteiger partial charge on any atom is -0.399 e. The smallest absolute Gasteiger partial charge is 0.0314 e. The van der Waals surface area contributed by atoms with Gasteiger partial charge in [0, 0.05) is 10.2 Å². The lowest BCUT2D eigenvalue weighted by molar-refractivity contribution is 1.63. The zero-order chi connectivity index (χ0) is 12.5. The molecule has 3 rings (SSSR count). The average Bonchev–Trinajstić information content (AvgIpc) is 2.41. The molecule has 0 atom stereocenters. The second-order valence-electron chi connectivity index (χ2n) is 4.26. The molecule has 0 saturated carbocycles. The van der Waals surface area contributed by atoms with E-state index in [4.69, 9.17) is 5.73 Å². The van der Waals surface area contributed by atoms with E-state index in [1.807, 2.05) is 12.1 Å². The second kappa shape index (κ2) is 4.46. The fourth-order valence-electron chi connectivity index (χ4n) is 2.18. The van der Waals surface area contributed by atoms with Gasteiger partial charge in [0.05, 0.1) is 0 Å². The van der Waals surface area contributed by atoms with Gasteiger partial charge in [0.15, 0.2) is 0 Å². The number of nitrogens with two attached hydrogens (primary N) is 1. The predicted octanol–water partition coefficient (Wildman–Crippen LogP) is 4.85. The van der Waals surface area contributed by atoms with Crippen molar-refractivity contribution in [1.82, 2.24) is 0 Å². The van der Waals surface area contributed by atoms with E-state index in [0.717, 1.165) is 10.2 Å². The van der Waals surface area contributed by atoms with Crippen molar-refractivity contribution < 1.29 is 0 Å². The van der Waals surface area contributed by atoms with E-state index < -0.39 is 0 Å². The van der Waals surface area contributed by atoms with Crippen LogP contribution >= 0.6 is 15.9 Å². The fraction of sp³-hybridized carbons (Fsp3) is 0. The summed E-state index contributed by atoms with van der Waals surface area (Å²) in [5.41, 5.74) is 8.94. The lowest BCUT2D eigenvalue weighted by Gasteiger charge is -2.08. The van der Waals surface area contributed by atoms with Crippen LogP contribution in [0.5, 0.6) is 0 Å². The monoisotopic (exact) mass is 297 g/mol. The topological polar surface area (TPSA) is 26.0 Å². The zero-order valence-corrected chi connectivity index (χ0v) is 11.3. The number of fused-ring (bicyclic) bond motifs is 1. The van der Waals surface area contributed by atoms with Gasteiger partial charge in [-0.15, -0.1) is 0 Å². The highest BCUT2D eigenvalue weighted by Gasteiger charge is 2.05. The maximum Gasteiger partial charge on any atom is 0.0314 e. The summed E-state index contributed by atoms with van der Waals surface area (Å²) < 4.78 is 1.12. The van der Waals surface area contributed by atoms with Crippen molar-refractivity contribution in [2.45, 2.75) is 0 Å². The van der Waals surface area contributed by atoms with Gasteiger partial charge in [-0.2, -0.15) is 0 Å². The number of benzene rings is 3. The molecule has 0 aliphatic carbocycles. The van der Waals surface area contributed by atoms with Crippen LogP contribution in [0, 0.1) is 0 Å². The molecule has 0 bridgehead atoms. The van der Waals surface area contributed by atoms with Gasteiger partial charge in [-0.3, -0.25) is 0 Å². The summed E-state index contributed by atoms with van der Waals surface area (Å²) >= 11 is 3.60. The fourth-order valence-corrected chi connectivity index (χ4v) is 2.65. The Bertz CT molecular complexity index is 702. The normalized spacial score (nSPS) is 10.7. The summed E-state index contributed by atoms with van der Waals surface area (Å²) in [6.07, 6.45) is 0. The van der Waals surface area contributed by atoms with E-state index in [1.165, 1.54) is 21.9 Å². The summed E-state index contributed by atoms with van der Waals surface area (Å²) in [4.78, 5) is 0. The van der Waals surface area contributed by atoms with Crippen LogP contribution in [0.1, 0.15) is 0 Å². The number of hydrogen-bond acceptors (Lipinski definition) is 1. The number of hydrogen-bond donors (Lipinski definition) is 1. The Morgan fingerprint density at radius 2 is 1.39 bits per heavy atom. The average molecular weight is 298 g/mol. The Kier molecular flexibility index (Phi) is 2.80. The van der Waals surface area contributed by atoms with Gasteiger partial charge in [-0.05, 0) is 40.1 Å². The highest BCUT2D eigenvalue weighted by atomic mass is 79.9. The molecule has 2 heteroatoms. The molecule has 0 saturated heterocycles. The van der Waals surface area contributed by atoms with E-state index >= 15 is 0 Å². The summed E-state index contributed by atoms with van der Waals surface area (Å²) in [5.74, 6) is 0. The van der Waals surface area contributed by atoms with E-state index in [-0.39, 0.29) is 0 Å². The van der Waals surface area contributed by atoms with Crippen molar-refractivity contribution >= 4 is 32.4 Å². The Hall–Kier alpha value is -1.80. The molecule has 1 nitrogen and oxygen atoms in total. The lowest BCUT2D eigenvalue weighted by Crippen LogP contribution is -1.85. The van der Waals surface area contributed by atoms with Gasteiger partial charge in [-0.1, -0.05) is 58.4 Å². The first kappa shape index (κ1) is 11.3. The minimum atomic E-state index is 0.792. The molecule has 0 aromatic heterocycles. The molecular formula is C16H12BrN. The van der Waals surface area contributed by atoms with Crippen LogP contribution in [0.2, 0.25) is 0 Å². The second-order valence-corrected chi connectivity index (χ2v) is 5.12. The van der Waals surface area contributed by atoms with Crippen molar-refractivity contribution in [3.8, 4) is 11.1 Å². The molecule has 0 heterocycles. The Labute approximate surface area is 114 Å². The molecule has 0 amide bonds. The van der Waals surface area contributed by atoms with Crippen LogP contribution in [-0.2, 0) is 0 Å². The van der Waals surface area contributed by atoms with Crippen molar-refractivity contribution in [3.63, 3.8) is 0 Å². The summed E-state index contributed by atoms with van der Waals surface area (Å²) in [6, 6.07) is 20.6. The molecule has 18 heavy (non-hydrogen) atoms. The molecule has 3 aromatic carbocycles. The lowest BCUT2D eigenvalue weighted by atomic mass is 9.98. The third-order valence-electron chi connectivity index (χ3n) is 3.09. The van der Waals surface area contributed by atoms with Crippen molar-refractivity contribution in [3.05, 3.63) is 65.1 Å². The number of anilines is 1. The standard InChI is InChI=1S/C16H12BrN/c17-16-10-9-13(11-5-7-12(18)8-6-11)14-3-1-2-4-15(14)16/h1-10H,18H2. The maximum absolute atomic E-state index is 5.73. The van der Waals surface area contributed by atoms with Gasteiger partial charge in [0.25, 0.3) is 0 Å². The molecule has 0 aliphatic heterocycles. The molecular weight excluding hydrogens is 286 g/mol.